The van der Waals surface area contributed by atoms with E-state index in [-0.39, 0.29) is 0 Å². The maximum absolute atomic E-state index is 11.7. The number of carboxylic acids is 1. The molecule has 1 rings (SSSR count). The van der Waals surface area contributed by atoms with Gasteiger partial charge in [-0.25, -0.2) is 9.00 Å². The molecule has 0 aliphatic heterocycles. The summed E-state index contributed by atoms with van der Waals surface area (Å²) in [5.41, 5.74) is 1.90. The molecule has 15 heavy (non-hydrogen) atoms. The van der Waals surface area contributed by atoms with Gasteiger partial charge in [-0.2, -0.15) is 0 Å². The van der Waals surface area contributed by atoms with Gasteiger partial charge < -0.3 is 5.11 Å². The fourth-order valence-corrected chi connectivity index (χ4v) is 2.19. The van der Waals surface area contributed by atoms with E-state index < -0.39 is 16.8 Å². The largest absolute Gasteiger partial charge is 0.478 e. The Balaban J connectivity index is 3.01. The molecule has 0 aromatic heterocycles. The Morgan fingerprint density at radius 2 is 2.07 bits per heavy atom. The van der Waals surface area contributed by atoms with Gasteiger partial charge in [0.25, 0.3) is 0 Å². The Kier molecular flexibility index (Phi) is 3.80. The van der Waals surface area contributed by atoms with Crippen molar-refractivity contribution < 1.29 is 14.1 Å². The molecule has 0 radical (unpaired) electrons. The summed E-state index contributed by atoms with van der Waals surface area (Å²) in [5, 5.41) is 9.60. The van der Waals surface area contributed by atoms with Gasteiger partial charge in [-0.1, -0.05) is 12.1 Å². The average Bonchev–Trinajstić information content (AvgIpc) is 2.18. The molecule has 0 aliphatic carbocycles. The summed E-state index contributed by atoms with van der Waals surface area (Å²) in [4.78, 5) is 10.9. The monoisotopic (exact) mass is 224 g/mol. The van der Waals surface area contributed by atoms with E-state index in [9.17, 15) is 9.00 Å². The van der Waals surface area contributed by atoms with Gasteiger partial charge in [0.2, 0.25) is 0 Å². The number of carbonyl (C=O) groups is 1. The van der Waals surface area contributed by atoms with Gasteiger partial charge in [-0.3, -0.25) is 0 Å². The highest BCUT2D eigenvalue weighted by Crippen LogP contribution is 2.15. The minimum absolute atomic E-state index is 0.660. The van der Waals surface area contributed by atoms with Gasteiger partial charge in [0.15, 0.2) is 0 Å². The van der Waals surface area contributed by atoms with Crippen LogP contribution in [-0.4, -0.2) is 15.3 Å². The molecule has 1 N–H and O–H groups in total. The van der Waals surface area contributed by atoms with Crippen molar-refractivity contribution in [1.29, 1.82) is 0 Å². The first kappa shape index (κ1) is 11.7. The minimum Gasteiger partial charge on any atom is -0.478 e. The standard InChI is InChI=1S/C11H12O3S/c1-8-3-4-9(2)10(7-8)15(14)6-5-11(12)13/h3-7H,1-2H3,(H,12,13)/b6-5+. The second kappa shape index (κ2) is 4.89. The van der Waals surface area contributed by atoms with Crippen molar-refractivity contribution in [3.8, 4) is 0 Å². The van der Waals surface area contributed by atoms with E-state index in [1.54, 1.807) is 6.07 Å². The molecule has 0 heterocycles. The van der Waals surface area contributed by atoms with Crippen LogP contribution in [0.3, 0.4) is 0 Å². The molecule has 1 aromatic rings. The summed E-state index contributed by atoms with van der Waals surface area (Å²) in [6.45, 7) is 3.75. The molecule has 0 amide bonds. The normalized spacial score (nSPS) is 12.9. The lowest BCUT2D eigenvalue weighted by Gasteiger charge is -2.03. The van der Waals surface area contributed by atoms with E-state index >= 15 is 0 Å². The highest BCUT2D eigenvalue weighted by Gasteiger charge is 2.04. The van der Waals surface area contributed by atoms with Crippen LogP contribution < -0.4 is 0 Å². The zero-order valence-electron chi connectivity index (χ0n) is 8.56. The van der Waals surface area contributed by atoms with Crippen molar-refractivity contribution in [3.05, 3.63) is 40.8 Å². The van der Waals surface area contributed by atoms with Gasteiger partial charge in [-0.15, -0.1) is 0 Å². The Labute approximate surface area is 90.9 Å². The predicted octanol–water partition coefficient (Wildman–Crippen LogP) is 2.01. The van der Waals surface area contributed by atoms with E-state index in [0.717, 1.165) is 17.2 Å². The fourth-order valence-electron chi connectivity index (χ4n) is 1.12. The Bertz CT molecular complexity index is 435. The second-order valence-electron chi connectivity index (χ2n) is 3.21. The molecule has 0 aliphatic rings. The maximum atomic E-state index is 11.7. The van der Waals surface area contributed by atoms with E-state index in [2.05, 4.69) is 0 Å². The molecular weight excluding hydrogens is 212 g/mol. The summed E-state index contributed by atoms with van der Waals surface area (Å²) in [6.07, 6.45) is 0.901. The molecule has 0 spiro atoms. The molecule has 1 unspecified atom stereocenters. The van der Waals surface area contributed by atoms with Crippen LogP contribution in [0.4, 0.5) is 0 Å². The average molecular weight is 224 g/mol. The van der Waals surface area contributed by atoms with E-state index in [0.29, 0.717) is 4.90 Å². The molecule has 4 heteroatoms. The summed E-state index contributed by atoms with van der Waals surface area (Å²) in [5.74, 6) is -1.09. The predicted molar refractivity (Wildman–Crippen MR) is 59.1 cm³/mol. The molecule has 0 fully saturated rings. The van der Waals surface area contributed by atoms with E-state index in [1.807, 2.05) is 26.0 Å². The second-order valence-corrected chi connectivity index (χ2v) is 4.51. The van der Waals surface area contributed by atoms with Crippen LogP contribution in [0.1, 0.15) is 11.1 Å². The molecule has 80 valence electrons. The third-order valence-corrected chi connectivity index (χ3v) is 3.15. The van der Waals surface area contributed by atoms with Crippen LogP contribution in [0.15, 0.2) is 34.6 Å². The molecular formula is C11H12O3S. The third-order valence-electron chi connectivity index (χ3n) is 1.89. The first-order valence-electron chi connectivity index (χ1n) is 4.39. The van der Waals surface area contributed by atoms with Crippen LogP contribution in [0, 0.1) is 13.8 Å². The number of aliphatic carboxylic acids is 1. The van der Waals surface area contributed by atoms with Gasteiger partial charge >= 0.3 is 5.97 Å². The summed E-state index contributed by atoms with van der Waals surface area (Å²) in [6, 6.07) is 5.60. The Morgan fingerprint density at radius 3 is 2.67 bits per heavy atom. The zero-order valence-corrected chi connectivity index (χ0v) is 9.38. The molecule has 3 nitrogen and oxygen atoms in total. The first-order valence-corrected chi connectivity index (χ1v) is 5.61. The summed E-state index contributed by atoms with van der Waals surface area (Å²) >= 11 is 0. The van der Waals surface area contributed by atoms with Crippen molar-refractivity contribution >= 4 is 16.8 Å². The van der Waals surface area contributed by atoms with E-state index in [1.165, 1.54) is 5.41 Å². The number of carboxylic acid groups (broad SMARTS) is 1. The lowest BCUT2D eigenvalue weighted by atomic mass is 10.2. The van der Waals surface area contributed by atoms with Crippen LogP contribution in [0.2, 0.25) is 0 Å². The van der Waals surface area contributed by atoms with Crippen LogP contribution in [0.25, 0.3) is 0 Å². The van der Waals surface area contributed by atoms with Crippen LogP contribution in [-0.2, 0) is 15.6 Å². The van der Waals surface area contributed by atoms with E-state index in [4.69, 9.17) is 5.11 Å². The Hall–Kier alpha value is -1.42. The lowest BCUT2D eigenvalue weighted by Crippen LogP contribution is -1.94. The van der Waals surface area contributed by atoms with Crippen LogP contribution in [0.5, 0.6) is 0 Å². The number of rotatable bonds is 3. The topological polar surface area (TPSA) is 54.4 Å². The van der Waals surface area contributed by atoms with Crippen molar-refractivity contribution in [2.45, 2.75) is 18.7 Å². The van der Waals surface area contributed by atoms with Gasteiger partial charge in [0, 0.05) is 16.4 Å². The van der Waals surface area contributed by atoms with Gasteiger partial charge in [-0.05, 0) is 31.0 Å². The summed E-state index contributed by atoms with van der Waals surface area (Å²) < 4.78 is 11.7. The number of hydrogen-bond acceptors (Lipinski definition) is 2. The van der Waals surface area contributed by atoms with Crippen molar-refractivity contribution in [3.63, 3.8) is 0 Å². The molecule has 1 atom stereocenters. The third kappa shape index (κ3) is 3.32. The zero-order chi connectivity index (χ0) is 11.4. The summed E-state index contributed by atoms with van der Waals surface area (Å²) in [7, 11) is -1.39. The molecule has 0 saturated heterocycles. The number of benzene rings is 1. The molecule has 1 aromatic carbocycles. The number of aryl methyl sites for hydroxylation is 2. The van der Waals surface area contributed by atoms with Gasteiger partial charge in [0.05, 0.1) is 10.8 Å². The van der Waals surface area contributed by atoms with Crippen molar-refractivity contribution in [2.75, 3.05) is 0 Å². The van der Waals surface area contributed by atoms with Crippen molar-refractivity contribution in [2.24, 2.45) is 0 Å². The Morgan fingerprint density at radius 1 is 1.40 bits per heavy atom. The fraction of sp³-hybridized carbons (Fsp3) is 0.182. The van der Waals surface area contributed by atoms with Gasteiger partial charge in [0.1, 0.15) is 0 Å². The quantitative estimate of drug-likeness (QED) is 0.799. The molecule has 0 saturated carbocycles. The van der Waals surface area contributed by atoms with Crippen LogP contribution >= 0.6 is 0 Å². The maximum Gasteiger partial charge on any atom is 0.328 e. The highest BCUT2D eigenvalue weighted by molar-refractivity contribution is 7.88. The number of hydrogen-bond donors (Lipinski definition) is 1. The molecule has 0 bridgehead atoms. The lowest BCUT2D eigenvalue weighted by molar-refractivity contribution is -0.131. The first-order chi connectivity index (χ1) is 7.00. The minimum atomic E-state index is -1.39. The highest BCUT2D eigenvalue weighted by atomic mass is 32.2. The SMILES string of the molecule is Cc1ccc(C)c(S(=O)/C=C/C(=O)O)c1. The van der Waals surface area contributed by atoms with Crippen molar-refractivity contribution in [1.82, 2.24) is 0 Å². The smallest absolute Gasteiger partial charge is 0.328 e.